The third-order valence-corrected chi connectivity index (χ3v) is 5.85. The van der Waals surface area contributed by atoms with Crippen molar-refractivity contribution in [3.05, 3.63) is 33.2 Å². The minimum absolute atomic E-state index is 0.163. The first-order valence-electron chi connectivity index (χ1n) is 9.93. The number of amides is 2. The van der Waals surface area contributed by atoms with Crippen LogP contribution in [0, 0.1) is 13.8 Å². The van der Waals surface area contributed by atoms with Crippen LogP contribution < -0.4 is 10.9 Å². The lowest BCUT2D eigenvalue weighted by Crippen LogP contribution is -2.45. The van der Waals surface area contributed by atoms with E-state index in [0.717, 1.165) is 18.5 Å². The molecule has 2 aliphatic heterocycles. The maximum absolute atomic E-state index is 12.5. The lowest BCUT2D eigenvalue weighted by Gasteiger charge is -2.30. The maximum atomic E-state index is 12.5. The van der Waals surface area contributed by atoms with E-state index in [1.807, 2.05) is 11.9 Å². The van der Waals surface area contributed by atoms with Crippen LogP contribution in [0.15, 0.2) is 10.9 Å². The molecule has 0 bridgehead atoms. The SMILES string of the molecule is Cc1cc(C)c(C(=O)NC[C@@H]2CC[C@H](CC(=O)N3CCOCC3)N2C)c(=O)[nH]1. The van der Waals surface area contributed by atoms with E-state index in [1.165, 1.54) is 0 Å². The molecule has 1 aromatic rings. The Morgan fingerprint density at radius 2 is 1.89 bits per heavy atom. The van der Waals surface area contributed by atoms with Crippen molar-refractivity contribution in [1.82, 2.24) is 20.1 Å². The second-order valence-electron chi connectivity index (χ2n) is 7.80. The van der Waals surface area contributed by atoms with Crippen molar-refractivity contribution >= 4 is 11.8 Å². The largest absolute Gasteiger partial charge is 0.378 e. The van der Waals surface area contributed by atoms with E-state index in [4.69, 9.17) is 4.74 Å². The minimum Gasteiger partial charge on any atom is -0.378 e. The molecule has 0 aliphatic carbocycles. The van der Waals surface area contributed by atoms with Crippen molar-refractivity contribution < 1.29 is 14.3 Å². The number of aromatic nitrogens is 1. The van der Waals surface area contributed by atoms with E-state index < -0.39 is 0 Å². The number of nitrogens with one attached hydrogen (secondary N) is 2. The predicted molar refractivity (Wildman–Crippen MR) is 105 cm³/mol. The zero-order valence-electron chi connectivity index (χ0n) is 16.9. The molecule has 2 fully saturated rings. The number of carbonyl (C=O) groups is 2. The third-order valence-electron chi connectivity index (χ3n) is 5.85. The van der Waals surface area contributed by atoms with Crippen molar-refractivity contribution in [3.8, 4) is 0 Å². The highest BCUT2D eigenvalue weighted by Crippen LogP contribution is 2.25. The summed E-state index contributed by atoms with van der Waals surface area (Å²) in [4.78, 5) is 43.8. The predicted octanol–water partition coefficient (Wildman–Crippen LogP) is 0.433. The Kier molecular flexibility index (Phi) is 6.51. The fourth-order valence-corrected chi connectivity index (χ4v) is 4.16. The quantitative estimate of drug-likeness (QED) is 0.761. The Hall–Kier alpha value is -2.19. The molecule has 2 amide bonds. The summed E-state index contributed by atoms with van der Waals surface area (Å²) in [7, 11) is 2.00. The highest BCUT2D eigenvalue weighted by atomic mass is 16.5. The van der Waals surface area contributed by atoms with Crippen LogP contribution in [0.2, 0.25) is 0 Å². The van der Waals surface area contributed by atoms with Gasteiger partial charge in [0.15, 0.2) is 0 Å². The molecular weight excluding hydrogens is 360 g/mol. The number of hydrogen-bond acceptors (Lipinski definition) is 5. The molecule has 2 N–H and O–H groups in total. The van der Waals surface area contributed by atoms with Crippen LogP contribution in [0.5, 0.6) is 0 Å². The first-order valence-corrected chi connectivity index (χ1v) is 9.93. The van der Waals surface area contributed by atoms with Gasteiger partial charge < -0.3 is 19.9 Å². The Balaban J connectivity index is 1.53. The van der Waals surface area contributed by atoms with Gasteiger partial charge in [-0.25, -0.2) is 0 Å². The zero-order valence-corrected chi connectivity index (χ0v) is 16.9. The number of nitrogens with zero attached hydrogens (tertiary/aromatic N) is 2. The number of hydrogen-bond donors (Lipinski definition) is 2. The van der Waals surface area contributed by atoms with Crippen molar-refractivity contribution in [2.45, 2.75) is 45.2 Å². The molecular formula is C20H30N4O4. The van der Waals surface area contributed by atoms with Gasteiger partial charge in [0.2, 0.25) is 5.91 Å². The lowest BCUT2D eigenvalue weighted by molar-refractivity contribution is -0.136. The number of rotatable bonds is 5. The van der Waals surface area contributed by atoms with Gasteiger partial charge in [-0.3, -0.25) is 19.3 Å². The third kappa shape index (κ3) is 4.62. The van der Waals surface area contributed by atoms with Gasteiger partial charge in [-0.2, -0.15) is 0 Å². The van der Waals surface area contributed by atoms with Gasteiger partial charge in [0.25, 0.3) is 11.5 Å². The second kappa shape index (κ2) is 8.87. The second-order valence-corrected chi connectivity index (χ2v) is 7.80. The summed E-state index contributed by atoms with van der Waals surface area (Å²) in [6.45, 7) is 6.58. The van der Waals surface area contributed by atoms with E-state index in [1.54, 1.807) is 19.9 Å². The number of likely N-dealkylation sites (N-methyl/N-ethyl adjacent to an activating group) is 1. The van der Waals surface area contributed by atoms with Gasteiger partial charge >= 0.3 is 0 Å². The van der Waals surface area contributed by atoms with Crippen LogP contribution in [0.25, 0.3) is 0 Å². The van der Waals surface area contributed by atoms with Crippen molar-refractivity contribution in [3.63, 3.8) is 0 Å². The number of carbonyl (C=O) groups excluding carboxylic acids is 2. The maximum Gasteiger partial charge on any atom is 0.261 e. The summed E-state index contributed by atoms with van der Waals surface area (Å²) in [6.07, 6.45) is 2.34. The van der Waals surface area contributed by atoms with Crippen LogP contribution in [-0.2, 0) is 9.53 Å². The highest BCUT2D eigenvalue weighted by molar-refractivity contribution is 5.95. The first-order chi connectivity index (χ1) is 13.4. The summed E-state index contributed by atoms with van der Waals surface area (Å²) in [5.74, 6) is -0.174. The molecule has 0 saturated carbocycles. The Labute approximate surface area is 165 Å². The van der Waals surface area contributed by atoms with E-state index in [0.29, 0.717) is 44.8 Å². The fraction of sp³-hybridized carbons (Fsp3) is 0.650. The van der Waals surface area contributed by atoms with Crippen molar-refractivity contribution in [2.24, 2.45) is 0 Å². The number of morpholine rings is 1. The van der Waals surface area contributed by atoms with Gasteiger partial charge in [-0.15, -0.1) is 0 Å². The smallest absolute Gasteiger partial charge is 0.261 e. The van der Waals surface area contributed by atoms with E-state index >= 15 is 0 Å². The number of ether oxygens (including phenoxy) is 1. The zero-order chi connectivity index (χ0) is 20.3. The summed E-state index contributed by atoms with van der Waals surface area (Å²) in [6, 6.07) is 2.14. The molecule has 0 radical (unpaired) electrons. The molecule has 3 heterocycles. The van der Waals surface area contributed by atoms with E-state index in [-0.39, 0.29) is 35.0 Å². The van der Waals surface area contributed by atoms with Gasteiger partial charge in [-0.1, -0.05) is 0 Å². The number of H-pyrrole nitrogens is 1. The molecule has 3 rings (SSSR count). The Bertz CT molecular complexity index is 785. The van der Waals surface area contributed by atoms with Crippen LogP contribution in [0.1, 0.15) is 40.9 Å². The fourth-order valence-electron chi connectivity index (χ4n) is 4.16. The number of aromatic amines is 1. The molecule has 8 nitrogen and oxygen atoms in total. The number of pyridine rings is 1. The molecule has 28 heavy (non-hydrogen) atoms. The summed E-state index contributed by atoms with van der Waals surface area (Å²) in [5, 5.41) is 2.90. The van der Waals surface area contributed by atoms with Crippen LogP contribution in [0.3, 0.4) is 0 Å². The highest BCUT2D eigenvalue weighted by Gasteiger charge is 2.33. The normalized spacial score (nSPS) is 23.0. The van der Waals surface area contributed by atoms with Crippen LogP contribution in [-0.4, -0.2) is 78.6 Å². The summed E-state index contributed by atoms with van der Waals surface area (Å²) < 4.78 is 5.30. The summed E-state index contributed by atoms with van der Waals surface area (Å²) in [5.41, 5.74) is 1.23. The minimum atomic E-state index is -0.358. The topological polar surface area (TPSA) is 94.7 Å². The van der Waals surface area contributed by atoms with Gasteiger partial charge in [0.05, 0.1) is 13.2 Å². The number of likely N-dealkylation sites (tertiary alicyclic amines) is 1. The molecule has 8 heteroatoms. The standard InChI is InChI=1S/C20H30N4O4/c1-13-10-14(2)22-20(27)18(13)19(26)21-12-16-5-4-15(23(16)3)11-17(25)24-6-8-28-9-7-24/h10,15-16H,4-9,11-12H2,1-3H3,(H,21,26)(H,22,27)/t15-,16+/m1/s1. The first kappa shape index (κ1) is 20.5. The van der Waals surface area contributed by atoms with E-state index in [2.05, 4.69) is 15.2 Å². The molecule has 2 aliphatic rings. The molecule has 0 spiro atoms. The molecule has 0 unspecified atom stereocenters. The molecule has 1 aromatic heterocycles. The van der Waals surface area contributed by atoms with E-state index in [9.17, 15) is 14.4 Å². The monoisotopic (exact) mass is 390 g/mol. The number of aryl methyl sites for hydroxylation is 2. The Morgan fingerprint density at radius 3 is 2.57 bits per heavy atom. The van der Waals surface area contributed by atoms with Crippen LogP contribution >= 0.6 is 0 Å². The van der Waals surface area contributed by atoms with Gasteiger partial charge in [-0.05, 0) is 45.4 Å². The molecule has 154 valence electrons. The molecule has 2 atom stereocenters. The van der Waals surface area contributed by atoms with Crippen molar-refractivity contribution in [1.29, 1.82) is 0 Å². The van der Waals surface area contributed by atoms with Crippen molar-refractivity contribution in [2.75, 3.05) is 39.9 Å². The van der Waals surface area contributed by atoms with Crippen LogP contribution in [0.4, 0.5) is 0 Å². The molecule has 0 aromatic carbocycles. The molecule has 2 saturated heterocycles. The Morgan fingerprint density at radius 1 is 1.21 bits per heavy atom. The average Bonchev–Trinajstić information content (AvgIpc) is 2.99. The lowest BCUT2D eigenvalue weighted by atomic mass is 10.1. The van der Waals surface area contributed by atoms with Gasteiger partial charge in [0, 0.05) is 43.8 Å². The van der Waals surface area contributed by atoms with Gasteiger partial charge in [0.1, 0.15) is 5.56 Å². The average molecular weight is 390 g/mol. The summed E-state index contributed by atoms with van der Waals surface area (Å²) >= 11 is 0.